The molecule has 1 aromatic heterocycles. The summed E-state index contributed by atoms with van der Waals surface area (Å²) in [5.74, 6) is 8.60. The molecule has 0 saturated heterocycles. The zero-order chi connectivity index (χ0) is 15.1. The molecule has 0 atom stereocenters. The van der Waals surface area contributed by atoms with Crippen molar-refractivity contribution >= 4 is 11.8 Å². The van der Waals surface area contributed by atoms with Crippen molar-refractivity contribution in [3.8, 4) is 17.1 Å². The number of hydrogen-bond donors (Lipinski definition) is 1. The van der Waals surface area contributed by atoms with E-state index < -0.39 is 0 Å². The number of benzene rings is 1. The normalized spacial score (nSPS) is 10.8. The molecular weight excluding hydrogens is 284 g/mol. The monoisotopic (exact) mass is 306 g/mol. The van der Waals surface area contributed by atoms with Gasteiger partial charge in [0.1, 0.15) is 5.75 Å². The van der Waals surface area contributed by atoms with E-state index in [1.54, 1.807) is 23.5 Å². The van der Waals surface area contributed by atoms with Gasteiger partial charge in [-0.1, -0.05) is 37.9 Å². The van der Waals surface area contributed by atoms with Crippen molar-refractivity contribution in [2.24, 2.45) is 0 Å². The van der Waals surface area contributed by atoms with E-state index in [1.807, 2.05) is 24.3 Å². The fraction of sp³-hybridized carbons (Fsp3) is 0.467. The number of nitrogens with zero attached hydrogens (tertiary/aromatic N) is 3. The molecule has 114 valence electrons. The minimum absolute atomic E-state index is 0.675. The smallest absolute Gasteiger partial charge is 0.210 e. The number of nitrogen functional groups attached to an aromatic ring is 1. The van der Waals surface area contributed by atoms with Crippen LogP contribution in [-0.4, -0.2) is 27.7 Å². The summed E-state index contributed by atoms with van der Waals surface area (Å²) in [6.45, 7) is 2.21. The third-order valence-corrected chi connectivity index (χ3v) is 4.27. The Morgan fingerprint density at radius 3 is 2.57 bits per heavy atom. The molecule has 2 N–H and O–H groups in total. The first-order valence-electron chi connectivity index (χ1n) is 7.24. The summed E-state index contributed by atoms with van der Waals surface area (Å²) >= 11 is 1.66. The molecule has 5 nitrogen and oxygen atoms in total. The SMILES string of the molecule is CCCCCCSc1nnc(-c2ccc(OC)cc2)n1N. The second kappa shape index (κ2) is 7.93. The Bertz CT molecular complexity index is 553. The van der Waals surface area contributed by atoms with Crippen LogP contribution in [-0.2, 0) is 0 Å². The van der Waals surface area contributed by atoms with E-state index in [-0.39, 0.29) is 0 Å². The highest BCUT2D eigenvalue weighted by Crippen LogP contribution is 2.24. The Kier molecular flexibility index (Phi) is 5.92. The van der Waals surface area contributed by atoms with Gasteiger partial charge in [0.2, 0.25) is 5.16 Å². The van der Waals surface area contributed by atoms with Gasteiger partial charge in [-0.3, -0.25) is 0 Å². The molecule has 2 rings (SSSR count). The molecule has 0 unspecified atom stereocenters. The van der Waals surface area contributed by atoms with E-state index in [1.165, 1.54) is 25.7 Å². The van der Waals surface area contributed by atoms with Crippen LogP contribution in [0.4, 0.5) is 0 Å². The lowest BCUT2D eigenvalue weighted by Gasteiger charge is -2.04. The maximum Gasteiger partial charge on any atom is 0.210 e. The fourth-order valence-corrected chi connectivity index (χ4v) is 2.86. The molecule has 0 saturated carbocycles. The summed E-state index contributed by atoms with van der Waals surface area (Å²) in [4.78, 5) is 0. The first-order chi connectivity index (χ1) is 10.3. The summed E-state index contributed by atoms with van der Waals surface area (Å²) in [6, 6.07) is 7.65. The number of nitrogens with two attached hydrogens (primary N) is 1. The van der Waals surface area contributed by atoms with Crippen LogP contribution >= 0.6 is 11.8 Å². The van der Waals surface area contributed by atoms with Crippen LogP contribution in [0.25, 0.3) is 11.4 Å². The van der Waals surface area contributed by atoms with E-state index >= 15 is 0 Å². The van der Waals surface area contributed by atoms with Crippen LogP contribution in [0.5, 0.6) is 5.75 Å². The van der Waals surface area contributed by atoms with Crippen LogP contribution in [0.3, 0.4) is 0 Å². The third-order valence-electron chi connectivity index (χ3n) is 3.24. The van der Waals surface area contributed by atoms with Crippen molar-refractivity contribution in [1.29, 1.82) is 0 Å². The Morgan fingerprint density at radius 2 is 1.90 bits per heavy atom. The van der Waals surface area contributed by atoms with Crippen molar-refractivity contribution < 1.29 is 4.74 Å². The lowest BCUT2D eigenvalue weighted by Crippen LogP contribution is -2.11. The molecule has 6 heteroatoms. The van der Waals surface area contributed by atoms with Crippen LogP contribution in [0.15, 0.2) is 29.4 Å². The highest BCUT2D eigenvalue weighted by molar-refractivity contribution is 7.99. The summed E-state index contributed by atoms with van der Waals surface area (Å²) < 4.78 is 6.71. The molecule has 2 aromatic rings. The highest BCUT2D eigenvalue weighted by atomic mass is 32.2. The molecule has 0 bridgehead atoms. The lowest BCUT2D eigenvalue weighted by molar-refractivity contribution is 0.415. The molecule has 1 aromatic carbocycles. The predicted octanol–water partition coefficient (Wildman–Crippen LogP) is 3.34. The number of thioether (sulfide) groups is 1. The Morgan fingerprint density at radius 1 is 1.14 bits per heavy atom. The molecule has 21 heavy (non-hydrogen) atoms. The average Bonchev–Trinajstić information content (AvgIpc) is 2.88. The van der Waals surface area contributed by atoms with Crippen molar-refractivity contribution in [1.82, 2.24) is 14.9 Å². The lowest BCUT2D eigenvalue weighted by atomic mass is 10.2. The van der Waals surface area contributed by atoms with Crippen molar-refractivity contribution in [2.45, 2.75) is 37.8 Å². The van der Waals surface area contributed by atoms with Gasteiger partial charge in [-0.2, -0.15) is 0 Å². The van der Waals surface area contributed by atoms with Gasteiger partial charge in [-0.15, -0.1) is 10.2 Å². The average molecular weight is 306 g/mol. The molecular formula is C15H22N4OS. The summed E-state index contributed by atoms with van der Waals surface area (Å²) in [5.41, 5.74) is 0.934. The largest absolute Gasteiger partial charge is 0.497 e. The van der Waals surface area contributed by atoms with Gasteiger partial charge in [0.25, 0.3) is 0 Å². The minimum Gasteiger partial charge on any atom is -0.497 e. The predicted molar refractivity (Wildman–Crippen MR) is 87.0 cm³/mol. The zero-order valence-corrected chi connectivity index (χ0v) is 13.4. The molecule has 0 aliphatic carbocycles. The van der Waals surface area contributed by atoms with Gasteiger partial charge < -0.3 is 10.6 Å². The van der Waals surface area contributed by atoms with E-state index in [2.05, 4.69) is 17.1 Å². The highest BCUT2D eigenvalue weighted by Gasteiger charge is 2.11. The van der Waals surface area contributed by atoms with Gasteiger partial charge in [0.15, 0.2) is 5.82 Å². The summed E-state index contributed by atoms with van der Waals surface area (Å²) in [7, 11) is 1.65. The zero-order valence-electron chi connectivity index (χ0n) is 12.6. The fourth-order valence-electron chi connectivity index (χ4n) is 2.00. The van der Waals surface area contributed by atoms with Gasteiger partial charge in [-0.25, -0.2) is 4.68 Å². The molecule has 0 aliphatic rings. The van der Waals surface area contributed by atoms with Crippen LogP contribution in [0, 0.1) is 0 Å². The first kappa shape index (κ1) is 15.7. The standard InChI is InChI=1S/C15H22N4OS/c1-3-4-5-6-11-21-15-18-17-14(19(15)16)12-7-9-13(20-2)10-8-12/h7-10H,3-6,11,16H2,1-2H3. The maximum atomic E-state index is 6.09. The topological polar surface area (TPSA) is 66.0 Å². The Labute approximate surface area is 129 Å². The van der Waals surface area contributed by atoms with E-state index in [9.17, 15) is 0 Å². The summed E-state index contributed by atoms with van der Waals surface area (Å²) in [6.07, 6.45) is 4.98. The van der Waals surface area contributed by atoms with Crippen LogP contribution in [0.1, 0.15) is 32.6 Å². The van der Waals surface area contributed by atoms with Crippen LogP contribution < -0.4 is 10.6 Å². The number of ether oxygens (including phenoxy) is 1. The second-order valence-electron chi connectivity index (χ2n) is 4.81. The number of hydrogen-bond acceptors (Lipinski definition) is 5. The minimum atomic E-state index is 0.675. The maximum absolute atomic E-state index is 6.09. The van der Waals surface area contributed by atoms with Gasteiger partial charge in [-0.05, 0) is 30.7 Å². The Balaban J connectivity index is 1.98. The van der Waals surface area contributed by atoms with Crippen molar-refractivity contribution in [3.05, 3.63) is 24.3 Å². The van der Waals surface area contributed by atoms with Crippen molar-refractivity contribution in [2.75, 3.05) is 18.7 Å². The molecule has 0 spiro atoms. The molecule has 0 radical (unpaired) electrons. The summed E-state index contributed by atoms with van der Waals surface area (Å²) in [5, 5.41) is 9.12. The van der Waals surface area contributed by atoms with E-state index in [4.69, 9.17) is 10.6 Å². The van der Waals surface area contributed by atoms with Gasteiger partial charge in [0.05, 0.1) is 7.11 Å². The number of unbranched alkanes of at least 4 members (excludes halogenated alkanes) is 3. The van der Waals surface area contributed by atoms with E-state index in [0.29, 0.717) is 5.82 Å². The van der Waals surface area contributed by atoms with Gasteiger partial charge in [0, 0.05) is 11.3 Å². The third kappa shape index (κ3) is 4.14. The number of rotatable bonds is 8. The van der Waals surface area contributed by atoms with Crippen molar-refractivity contribution in [3.63, 3.8) is 0 Å². The Hall–Kier alpha value is -1.69. The number of methoxy groups -OCH3 is 1. The van der Waals surface area contributed by atoms with Crippen LogP contribution in [0.2, 0.25) is 0 Å². The quantitative estimate of drug-likeness (QED) is 0.460. The molecule has 0 amide bonds. The van der Waals surface area contributed by atoms with Gasteiger partial charge >= 0.3 is 0 Å². The number of aromatic nitrogens is 3. The van der Waals surface area contributed by atoms with E-state index in [0.717, 1.165) is 22.2 Å². The second-order valence-corrected chi connectivity index (χ2v) is 5.88. The molecule has 0 fully saturated rings. The first-order valence-corrected chi connectivity index (χ1v) is 8.22. The molecule has 1 heterocycles. The molecule has 0 aliphatic heterocycles.